The van der Waals surface area contributed by atoms with Crippen LogP contribution in [0.15, 0.2) is 30.9 Å². The van der Waals surface area contributed by atoms with Crippen molar-refractivity contribution in [3.8, 4) is 11.3 Å². The fraction of sp³-hybridized carbons (Fsp3) is 0.294. The fourth-order valence-electron chi connectivity index (χ4n) is 3.22. The third-order valence-electron chi connectivity index (χ3n) is 4.51. The molecule has 0 spiro atoms. The van der Waals surface area contributed by atoms with Crippen LogP contribution in [0.5, 0.6) is 0 Å². The average molecular weight is 384 g/mol. The van der Waals surface area contributed by atoms with Gasteiger partial charge in [0, 0.05) is 37.6 Å². The summed E-state index contributed by atoms with van der Waals surface area (Å²) >= 11 is 1.37. The highest BCUT2D eigenvalue weighted by Crippen LogP contribution is 2.28. The number of likely N-dealkylation sites (tertiary alicyclic amines) is 1. The van der Waals surface area contributed by atoms with Crippen LogP contribution >= 0.6 is 11.5 Å². The van der Waals surface area contributed by atoms with Crippen molar-refractivity contribution in [1.29, 1.82) is 0 Å². The Balaban J connectivity index is 1.43. The highest BCUT2D eigenvalue weighted by Gasteiger charge is 2.26. The maximum atomic E-state index is 13.0. The van der Waals surface area contributed by atoms with Gasteiger partial charge in [0.1, 0.15) is 11.2 Å². The lowest BCUT2D eigenvalue weighted by Crippen LogP contribution is -2.47. The van der Waals surface area contributed by atoms with Crippen molar-refractivity contribution < 1.29 is 4.39 Å². The number of hydrogen-bond donors (Lipinski definition) is 2. The Morgan fingerprint density at radius 2 is 2.26 bits per heavy atom. The Bertz CT molecular complexity index is 1080. The van der Waals surface area contributed by atoms with Crippen molar-refractivity contribution in [2.75, 3.05) is 18.4 Å². The maximum absolute atomic E-state index is 13.0. The van der Waals surface area contributed by atoms with Gasteiger partial charge in [-0.3, -0.25) is 14.4 Å². The summed E-state index contributed by atoms with van der Waals surface area (Å²) in [6.45, 7) is 3.60. The van der Waals surface area contributed by atoms with Gasteiger partial charge in [0.2, 0.25) is 0 Å². The van der Waals surface area contributed by atoms with E-state index in [1.165, 1.54) is 11.5 Å². The summed E-state index contributed by atoms with van der Waals surface area (Å²) in [7, 11) is 0. The third-order valence-corrected chi connectivity index (χ3v) is 5.25. The number of rotatable bonds is 5. The monoisotopic (exact) mass is 384 g/mol. The van der Waals surface area contributed by atoms with Gasteiger partial charge in [0.15, 0.2) is 11.5 Å². The first-order valence-corrected chi connectivity index (χ1v) is 9.36. The number of halogens is 1. The molecule has 0 aliphatic carbocycles. The largest absolute Gasteiger partial charge is 0.328 e. The van der Waals surface area contributed by atoms with Crippen LogP contribution in [-0.4, -0.2) is 53.1 Å². The smallest absolute Gasteiger partial charge is 0.180 e. The van der Waals surface area contributed by atoms with Crippen molar-refractivity contribution in [2.45, 2.75) is 19.6 Å². The molecule has 5 rings (SSSR count). The summed E-state index contributed by atoms with van der Waals surface area (Å²) < 4.78 is 19.4. The Morgan fingerprint density at radius 1 is 1.37 bits per heavy atom. The topological polar surface area (TPSA) is 87.0 Å². The quantitative estimate of drug-likeness (QED) is 0.550. The molecule has 0 aromatic carbocycles. The molecule has 27 heavy (non-hydrogen) atoms. The third kappa shape index (κ3) is 3.06. The highest BCUT2D eigenvalue weighted by atomic mass is 32.1. The molecule has 0 unspecified atom stereocenters. The minimum absolute atomic E-state index is 0.491. The SMILES string of the molecule is Cc1cn2c(-c3cn[nH]c3)cnc2c(Nc2cc(CN3CC(F)C3)ns2)n1. The predicted octanol–water partition coefficient (Wildman–Crippen LogP) is 2.78. The summed E-state index contributed by atoms with van der Waals surface area (Å²) in [5, 5.41) is 11.0. The van der Waals surface area contributed by atoms with Crippen molar-refractivity contribution in [3.05, 3.63) is 42.2 Å². The number of alkyl halides is 1. The van der Waals surface area contributed by atoms with Crippen molar-refractivity contribution in [3.63, 3.8) is 0 Å². The predicted molar refractivity (Wildman–Crippen MR) is 101 cm³/mol. The normalized spacial score (nSPS) is 15.3. The van der Waals surface area contributed by atoms with E-state index in [-0.39, 0.29) is 0 Å². The zero-order chi connectivity index (χ0) is 18.4. The second kappa shape index (κ2) is 6.39. The minimum atomic E-state index is -0.698. The lowest BCUT2D eigenvalue weighted by Gasteiger charge is -2.33. The molecule has 2 N–H and O–H groups in total. The van der Waals surface area contributed by atoms with Gasteiger partial charge in [-0.1, -0.05) is 0 Å². The molecule has 0 bridgehead atoms. The van der Waals surface area contributed by atoms with Crippen LogP contribution in [0.1, 0.15) is 11.4 Å². The van der Waals surface area contributed by atoms with Crippen LogP contribution in [0.3, 0.4) is 0 Å². The molecule has 5 heterocycles. The Kier molecular flexibility index (Phi) is 3.87. The zero-order valence-electron chi connectivity index (χ0n) is 14.6. The Morgan fingerprint density at radius 3 is 3.04 bits per heavy atom. The Hall–Kier alpha value is -2.85. The van der Waals surface area contributed by atoms with E-state index in [0.717, 1.165) is 33.3 Å². The minimum Gasteiger partial charge on any atom is -0.328 e. The van der Waals surface area contributed by atoms with Gasteiger partial charge in [-0.05, 0) is 24.5 Å². The number of aryl methyl sites for hydroxylation is 1. The van der Waals surface area contributed by atoms with Gasteiger partial charge in [-0.2, -0.15) is 9.47 Å². The molecule has 4 aromatic heterocycles. The number of aromatic nitrogens is 6. The van der Waals surface area contributed by atoms with Crippen LogP contribution in [0.4, 0.5) is 15.2 Å². The number of nitrogens with zero attached hydrogens (tertiary/aromatic N) is 6. The molecular weight excluding hydrogens is 367 g/mol. The molecule has 8 nitrogen and oxygen atoms in total. The summed E-state index contributed by atoms with van der Waals surface area (Å²) in [6.07, 6.45) is 6.66. The first-order valence-electron chi connectivity index (χ1n) is 8.58. The van der Waals surface area contributed by atoms with Gasteiger partial charge in [-0.25, -0.2) is 14.4 Å². The maximum Gasteiger partial charge on any atom is 0.180 e. The summed E-state index contributed by atoms with van der Waals surface area (Å²) in [4.78, 5) is 11.2. The highest BCUT2D eigenvalue weighted by molar-refractivity contribution is 7.10. The lowest BCUT2D eigenvalue weighted by molar-refractivity contribution is 0.0583. The molecule has 138 valence electrons. The van der Waals surface area contributed by atoms with E-state index < -0.39 is 6.17 Å². The van der Waals surface area contributed by atoms with Gasteiger partial charge >= 0.3 is 0 Å². The number of fused-ring (bicyclic) bond motifs is 1. The average Bonchev–Trinajstić information content (AvgIpc) is 3.33. The van der Waals surface area contributed by atoms with E-state index in [1.54, 1.807) is 6.20 Å². The number of imidazole rings is 1. The molecule has 0 amide bonds. The van der Waals surface area contributed by atoms with Crippen LogP contribution < -0.4 is 5.32 Å². The molecule has 0 radical (unpaired) electrons. The fourth-order valence-corrected chi connectivity index (χ4v) is 3.88. The number of anilines is 2. The van der Waals surface area contributed by atoms with Gasteiger partial charge in [0.05, 0.1) is 29.5 Å². The van der Waals surface area contributed by atoms with Gasteiger partial charge < -0.3 is 5.32 Å². The summed E-state index contributed by atoms with van der Waals surface area (Å²) in [6, 6.07) is 1.98. The van der Waals surface area contributed by atoms with Crippen molar-refractivity contribution >= 4 is 28.0 Å². The van der Waals surface area contributed by atoms with E-state index in [1.807, 2.05) is 40.9 Å². The number of hydrogen-bond acceptors (Lipinski definition) is 7. The molecule has 0 saturated carbocycles. The molecule has 4 aromatic rings. The molecule has 10 heteroatoms. The van der Waals surface area contributed by atoms with E-state index >= 15 is 0 Å². The number of H-pyrrole nitrogens is 1. The summed E-state index contributed by atoms with van der Waals surface area (Å²) in [5.41, 5.74) is 4.43. The van der Waals surface area contributed by atoms with Crippen LogP contribution in [0.2, 0.25) is 0 Å². The molecular formula is C17H17FN8S. The molecule has 0 atom stereocenters. The van der Waals surface area contributed by atoms with Crippen LogP contribution in [0.25, 0.3) is 16.9 Å². The van der Waals surface area contributed by atoms with E-state index in [4.69, 9.17) is 0 Å². The molecule has 1 saturated heterocycles. The second-order valence-electron chi connectivity index (χ2n) is 6.65. The second-order valence-corrected chi connectivity index (χ2v) is 7.46. The molecule has 1 fully saturated rings. The van der Waals surface area contributed by atoms with E-state index in [0.29, 0.717) is 25.5 Å². The molecule has 1 aliphatic heterocycles. The first kappa shape index (κ1) is 16.3. The number of nitrogens with one attached hydrogen (secondary N) is 2. The van der Waals surface area contributed by atoms with E-state index in [2.05, 4.69) is 29.9 Å². The van der Waals surface area contributed by atoms with Gasteiger partial charge in [0.25, 0.3) is 0 Å². The number of aromatic amines is 1. The van der Waals surface area contributed by atoms with E-state index in [9.17, 15) is 4.39 Å². The van der Waals surface area contributed by atoms with Gasteiger partial charge in [-0.15, -0.1) is 0 Å². The molecule has 1 aliphatic rings. The zero-order valence-corrected chi connectivity index (χ0v) is 15.4. The van der Waals surface area contributed by atoms with Crippen LogP contribution in [-0.2, 0) is 6.54 Å². The summed E-state index contributed by atoms with van der Waals surface area (Å²) in [5.74, 6) is 0.674. The van der Waals surface area contributed by atoms with Crippen molar-refractivity contribution in [1.82, 2.24) is 33.8 Å². The first-order chi connectivity index (χ1) is 13.2. The Labute approximate surface area is 158 Å². The van der Waals surface area contributed by atoms with Crippen LogP contribution in [0, 0.1) is 6.92 Å². The standard InChI is InChI=1S/C17H17FN8S/c1-10-6-26-14(11-3-20-21-4-11)5-19-17(26)16(22-10)23-15-2-13(24-27-15)9-25-7-12(18)8-25/h2-6,12H,7-9H2,1H3,(H,20,21)(H,22,23). The lowest BCUT2D eigenvalue weighted by atomic mass is 10.2. The van der Waals surface area contributed by atoms with Crippen molar-refractivity contribution in [2.24, 2.45) is 0 Å².